The summed E-state index contributed by atoms with van der Waals surface area (Å²) < 4.78 is 0. The van der Waals surface area contributed by atoms with Crippen LogP contribution in [0.1, 0.15) is 18.1 Å². The van der Waals surface area contributed by atoms with Crippen molar-refractivity contribution in [2.75, 3.05) is 13.1 Å². The first-order valence-corrected chi connectivity index (χ1v) is 5.23. The molecular weight excluding hydrogens is 174 g/mol. The summed E-state index contributed by atoms with van der Waals surface area (Å²) in [6, 6.07) is 8.53. The Morgan fingerprint density at radius 3 is 2.21 bits per heavy atom. The molecule has 76 valence electrons. The van der Waals surface area contributed by atoms with Crippen LogP contribution in [0.2, 0.25) is 0 Å². The van der Waals surface area contributed by atoms with Gasteiger partial charge in [0.05, 0.1) is 5.60 Å². The monoisotopic (exact) mass is 191 g/mol. The van der Waals surface area contributed by atoms with E-state index in [0.717, 1.165) is 25.9 Å². The Morgan fingerprint density at radius 2 is 1.79 bits per heavy atom. The molecule has 0 spiro atoms. The lowest BCUT2D eigenvalue weighted by Gasteiger charge is -2.37. The Morgan fingerprint density at radius 1 is 1.21 bits per heavy atom. The first kappa shape index (κ1) is 9.69. The molecule has 0 bridgehead atoms. The predicted octanol–water partition coefficient (Wildman–Crippen LogP) is 1.13. The topological polar surface area (TPSA) is 32.3 Å². The predicted molar refractivity (Wildman–Crippen MR) is 57.3 cm³/mol. The molecule has 2 nitrogen and oxygen atoms in total. The minimum atomic E-state index is -0.492. The summed E-state index contributed by atoms with van der Waals surface area (Å²) in [5.74, 6) is 0. The van der Waals surface area contributed by atoms with Crippen molar-refractivity contribution in [3.8, 4) is 0 Å². The van der Waals surface area contributed by atoms with E-state index in [-0.39, 0.29) is 0 Å². The normalized spacial score (nSPS) is 19.0. The van der Waals surface area contributed by atoms with Crippen molar-refractivity contribution in [1.29, 1.82) is 0 Å². The van der Waals surface area contributed by atoms with Crippen molar-refractivity contribution in [3.63, 3.8) is 0 Å². The average molecular weight is 191 g/mol. The van der Waals surface area contributed by atoms with E-state index < -0.39 is 5.60 Å². The molecule has 2 rings (SSSR count). The number of benzene rings is 1. The lowest BCUT2D eigenvalue weighted by Crippen LogP contribution is -2.60. The summed E-state index contributed by atoms with van der Waals surface area (Å²) in [6.45, 7) is 3.60. The fourth-order valence-corrected chi connectivity index (χ4v) is 1.81. The van der Waals surface area contributed by atoms with E-state index in [9.17, 15) is 5.11 Å². The summed E-state index contributed by atoms with van der Waals surface area (Å²) in [4.78, 5) is 0. The minimum Gasteiger partial charge on any atom is -0.387 e. The summed E-state index contributed by atoms with van der Waals surface area (Å²) in [5, 5.41) is 13.0. The highest BCUT2D eigenvalue weighted by atomic mass is 16.3. The molecule has 0 unspecified atom stereocenters. The van der Waals surface area contributed by atoms with Crippen LogP contribution in [-0.4, -0.2) is 23.8 Å². The molecule has 0 aromatic heterocycles. The van der Waals surface area contributed by atoms with Crippen molar-refractivity contribution in [1.82, 2.24) is 5.32 Å². The first-order valence-electron chi connectivity index (χ1n) is 5.23. The van der Waals surface area contributed by atoms with Crippen LogP contribution in [-0.2, 0) is 12.8 Å². The maximum Gasteiger partial charge on any atom is 0.0935 e. The molecule has 1 aromatic carbocycles. The molecule has 1 aliphatic heterocycles. The summed E-state index contributed by atoms with van der Waals surface area (Å²) in [6.07, 6.45) is 1.84. The third-order valence-corrected chi connectivity index (χ3v) is 2.87. The molecule has 1 heterocycles. The highest BCUT2D eigenvalue weighted by Crippen LogP contribution is 2.18. The molecule has 2 N–H and O–H groups in total. The third-order valence-electron chi connectivity index (χ3n) is 2.87. The molecule has 0 atom stereocenters. The lowest BCUT2D eigenvalue weighted by atomic mass is 9.89. The van der Waals surface area contributed by atoms with Gasteiger partial charge in [-0.2, -0.15) is 0 Å². The van der Waals surface area contributed by atoms with Gasteiger partial charge in [0.1, 0.15) is 0 Å². The van der Waals surface area contributed by atoms with Gasteiger partial charge in [0.15, 0.2) is 0 Å². The van der Waals surface area contributed by atoms with Crippen molar-refractivity contribution >= 4 is 0 Å². The number of β-amino-alcohol motifs (C(OH)–C–C–N with tert-alkyl or cyclic N) is 1. The third kappa shape index (κ3) is 1.97. The molecule has 2 heteroatoms. The second kappa shape index (κ2) is 3.71. The van der Waals surface area contributed by atoms with Crippen LogP contribution >= 0.6 is 0 Å². The molecule has 0 radical (unpaired) electrons. The van der Waals surface area contributed by atoms with Gasteiger partial charge in [-0.05, 0) is 17.5 Å². The van der Waals surface area contributed by atoms with Gasteiger partial charge < -0.3 is 10.4 Å². The highest BCUT2D eigenvalue weighted by Gasteiger charge is 2.33. The molecule has 1 fully saturated rings. The number of rotatable bonds is 3. The molecule has 1 aromatic rings. The van der Waals surface area contributed by atoms with Gasteiger partial charge in [-0.15, -0.1) is 0 Å². The second-order valence-corrected chi connectivity index (χ2v) is 4.17. The standard InChI is InChI=1S/C12H17NO/c1-2-10-3-5-11(6-4-10)7-12(14)8-13-9-12/h3-6,13-14H,2,7-9H2,1H3. The van der Waals surface area contributed by atoms with Crippen LogP contribution in [0.25, 0.3) is 0 Å². The van der Waals surface area contributed by atoms with Gasteiger partial charge >= 0.3 is 0 Å². The number of hydrogen-bond donors (Lipinski definition) is 2. The molecule has 1 aliphatic rings. The fraction of sp³-hybridized carbons (Fsp3) is 0.500. The minimum absolute atomic E-state index is 0.492. The zero-order chi connectivity index (χ0) is 10.0. The van der Waals surface area contributed by atoms with Gasteiger partial charge in [-0.1, -0.05) is 31.2 Å². The van der Waals surface area contributed by atoms with Gasteiger partial charge in [-0.25, -0.2) is 0 Å². The maximum atomic E-state index is 9.93. The summed E-state index contributed by atoms with van der Waals surface area (Å²) >= 11 is 0. The maximum absolute atomic E-state index is 9.93. The Kier molecular flexibility index (Phi) is 2.57. The Hall–Kier alpha value is -0.860. The Labute approximate surface area is 85.0 Å². The van der Waals surface area contributed by atoms with Crippen molar-refractivity contribution < 1.29 is 5.11 Å². The van der Waals surface area contributed by atoms with Gasteiger partial charge in [-0.3, -0.25) is 0 Å². The van der Waals surface area contributed by atoms with Gasteiger partial charge in [0.25, 0.3) is 0 Å². The number of aryl methyl sites for hydroxylation is 1. The van der Waals surface area contributed by atoms with Crippen molar-refractivity contribution in [3.05, 3.63) is 35.4 Å². The van der Waals surface area contributed by atoms with Crippen LogP contribution in [0.5, 0.6) is 0 Å². The van der Waals surface area contributed by atoms with Crippen molar-refractivity contribution in [2.24, 2.45) is 0 Å². The zero-order valence-electron chi connectivity index (χ0n) is 8.59. The smallest absolute Gasteiger partial charge is 0.0935 e. The van der Waals surface area contributed by atoms with Gasteiger partial charge in [0, 0.05) is 19.5 Å². The molecule has 1 saturated heterocycles. The average Bonchev–Trinajstić information content (AvgIpc) is 2.17. The second-order valence-electron chi connectivity index (χ2n) is 4.17. The highest BCUT2D eigenvalue weighted by molar-refractivity contribution is 5.24. The van der Waals surface area contributed by atoms with Crippen LogP contribution < -0.4 is 5.32 Å². The molecule has 14 heavy (non-hydrogen) atoms. The summed E-state index contributed by atoms with van der Waals surface area (Å²) in [5.41, 5.74) is 2.09. The SMILES string of the molecule is CCc1ccc(CC2(O)CNC2)cc1. The van der Waals surface area contributed by atoms with Crippen LogP contribution in [0.15, 0.2) is 24.3 Å². The van der Waals surface area contributed by atoms with E-state index in [2.05, 4.69) is 36.5 Å². The van der Waals surface area contributed by atoms with Crippen LogP contribution in [0.3, 0.4) is 0 Å². The molecular formula is C12H17NO. The van der Waals surface area contributed by atoms with E-state index in [1.54, 1.807) is 0 Å². The Bertz CT molecular complexity index is 301. The Balaban J connectivity index is 2.02. The molecule has 0 saturated carbocycles. The quantitative estimate of drug-likeness (QED) is 0.750. The number of aliphatic hydroxyl groups is 1. The molecule has 0 amide bonds. The van der Waals surface area contributed by atoms with E-state index in [1.165, 1.54) is 11.1 Å². The summed E-state index contributed by atoms with van der Waals surface area (Å²) in [7, 11) is 0. The zero-order valence-corrected chi connectivity index (χ0v) is 8.59. The fourth-order valence-electron chi connectivity index (χ4n) is 1.81. The number of nitrogens with one attached hydrogen (secondary N) is 1. The lowest BCUT2D eigenvalue weighted by molar-refractivity contribution is -0.00902. The van der Waals surface area contributed by atoms with E-state index >= 15 is 0 Å². The van der Waals surface area contributed by atoms with E-state index in [0.29, 0.717) is 0 Å². The largest absolute Gasteiger partial charge is 0.387 e. The van der Waals surface area contributed by atoms with E-state index in [4.69, 9.17) is 0 Å². The van der Waals surface area contributed by atoms with Crippen molar-refractivity contribution in [2.45, 2.75) is 25.4 Å². The first-order chi connectivity index (χ1) is 6.72. The number of hydrogen-bond acceptors (Lipinski definition) is 2. The van der Waals surface area contributed by atoms with Gasteiger partial charge in [0.2, 0.25) is 0 Å². The van der Waals surface area contributed by atoms with E-state index in [1.807, 2.05) is 0 Å². The van der Waals surface area contributed by atoms with Crippen LogP contribution in [0, 0.1) is 0 Å². The molecule has 0 aliphatic carbocycles. The van der Waals surface area contributed by atoms with Crippen LogP contribution in [0.4, 0.5) is 0 Å².